The van der Waals surface area contributed by atoms with Crippen molar-refractivity contribution in [3.05, 3.63) is 65.2 Å². The van der Waals surface area contributed by atoms with E-state index in [9.17, 15) is 4.39 Å². The highest BCUT2D eigenvalue weighted by molar-refractivity contribution is 7.80. The first kappa shape index (κ1) is 14.6. The summed E-state index contributed by atoms with van der Waals surface area (Å²) in [6.07, 6.45) is 3.55. The van der Waals surface area contributed by atoms with E-state index < -0.39 is 0 Å². The summed E-state index contributed by atoms with van der Waals surface area (Å²) < 4.78 is 13.4. The lowest BCUT2D eigenvalue weighted by Gasteiger charge is -2.18. The minimum atomic E-state index is -0.283. The Bertz CT molecular complexity index is 601. The average Bonchev–Trinajstić information content (AvgIpc) is 2.39. The predicted octanol–water partition coefficient (Wildman–Crippen LogP) is 2.49. The molecule has 0 aliphatic carbocycles. The number of nitrogens with zero attached hydrogens (tertiary/aromatic N) is 2. The molecule has 104 valence electrons. The third-order valence-electron chi connectivity index (χ3n) is 2.95. The van der Waals surface area contributed by atoms with E-state index in [1.807, 2.05) is 25.4 Å². The Morgan fingerprint density at radius 3 is 2.80 bits per heavy atom. The number of benzene rings is 1. The number of nitrogens with two attached hydrogens (primary N) is 1. The molecule has 0 saturated heterocycles. The Morgan fingerprint density at radius 2 is 2.15 bits per heavy atom. The van der Waals surface area contributed by atoms with Crippen LogP contribution >= 0.6 is 12.2 Å². The first-order valence-electron chi connectivity index (χ1n) is 6.22. The van der Waals surface area contributed by atoms with Crippen molar-refractivity contribution in [1.82, 2.24) is 9.88 Å². The molecule has 2 rings (SSSR count). The smallest absolute Gasteiger partial charge is 0.123 e. The Morgan fingerprint density at radius 1 is 1.35 bits per heavy atom. The highest BCUT2D eigenvalue weighted by Gasteiger charge is 2.09. The van der Waals surface area contributed by atoms with Gasteiger partial charge in [0.2, 0.25) is 0 Å². The lowest BCUT2D eigenvalue weighted by molar-refractivity contribution is 0.318. The summed E-state index contributed by atoms with van der Waals surface area (Å²) in [5.74, 6) is -0.283. The van der Waals surface area contributed by atoms with Crippen LogP contribution in [0.1, 0.15) is 16.7 Å². The second kappa shape index (κ2) is 6.54. The van der Waals surface area contributed by atoms with Crippen LogP contribution in [0.5, 0.6) is 0 Å². The van der Waals surface area contributed by atoms with Crippen molar-refractivity contribution < 1.29 is 4.39 Å². The predicted molar refractivity (Wildman–Crippen MR) is 81.7 cm³/mol. The van der Waals surface area contributed by atoms with Crippen molar-refractivity contribution in [1.29, 1.82) is 0 Å². The van der Waals surface area contributed by atoms with Crippen LogP contribution in [-0.2, 0) is 13.1 Å². The van der Waals surface area contributed by atoms with Crippen LogP contribution in [0.4, 0.5) is 4.39 Å². The maximum absolute atomic E-state index is 13.4. The number of aromatic nitrogens is 1. The Hall–Kier alpha value is -1.85. The van der Waals surface area contributed by atoms with E-state index in [2.05, 4.69) is 9.88 Å². The Balaban J connectivity index is 2.13. The Kier molecular flexibility index (Phi) is 4.76. The fourth-order valence-corrected chi connectivity index (χ4v) is 2.28. The molecule has 0 spiro atoms. The van der Waals surface area contributed by atoms with Crippen LogP contribution in [0.25, 0.3) is 0 Å². The fourth-order valence-electron chi connectivity index (χ4n) is 2.08. The molecule has 3 nitrogen and oxygen atoms in total. The monoisotopic (exact) mass is 289 g/mol. The molecule has 1 heterocycles. The van der Waals surface area contributed by atoms with Crippen molar-refractivity contribution in [2.75, 3.05) is 7.05 Å². The number of rotatable bonds is 5. The molecule has 0 aliphatic rings. The second-order valence-corrected chi connectivity index (χ2v) is 5.14. The lowest BCUT2D eigenvalue weighted by Crippen LogP contribution is -2.21. The normalized spacial score (nSPS) is 10.8. The summed E-state index contributed by atoms with van der Waals surface area (Å²) in [6, 6.07) is 8.38. The number of pyridine rings is 1. The molecule has 20 heavy (non-hydrogen) atoms. The molecule has 2 aromatic rings. The van der Waals surface area contributed by atoms with E-state index in [1.165, 1.54) is 12.1 Å². The summed E-state index contributed by atoms with van der Waals surface area (Å²) in [6.45, 7) is 1.29. The summed E-state index contributed by atoms with van der Waals surface area (Å²) in [4.78, 5) is 6.43. The minimum Gasteiger partial charge on any atom is -0.389 e. The molecule has 0 saturated carbocycles. The molecule has 2 N–H and O–H groups in total. The van der Waals surface area contributed by atoms with Gasteiger partial charge in [0.25, 0.3) is 0 Å². The maximum atomic E-state index is 13.4. The van der Waals surface area contributed by atoms with Gasteiger partial charge in [-0.25, -0.2) is 4.39 Å². The summed E-state index contributed by atoms with van der Waals surface area (Å²) >= 11 is 5.00. The summed E-state index contributed by atoms with van der Waals surface area (Å²) in [7, 11) is 1.96. The van der Waals surface area contributed by atoms with E-state index >= 15 is 0 Å². The minimum absolute atomic E-state index is 0.283. The van der Waals surface area contributed by atoms with Gasteiger partial charge in [-0.3, -0.25) is 9.88 Å². The van der Waals surface area contributed by atoms with Crippen LogP contribution in [0.2, 0.25) is 0 Å². The summed E-state index contributed by atoms with van der Waals surface area (Å²) in [5, 5.41) is 0. The van der Waals surface area contributed by atoms with Crippen LogP contribution in [0, 0.1) is 5.82 Å². The van der Waals surface area contributed by atoms with Crippen molar-refractivity contribution in [3.63, 3.8) is 0 Å². The van der Waals surface area contributed by atoms with Crippen molar-refractivity contribution >= 4 is 17.2 Å². The lowest BCUT2D eigenvalue weighted by atomic mass is 10.1. The average molecular weight is 289 g/mol. The summed E-state index contributed by atoms with van der Waals surface area (Å²) in [5.41, 5.74) is 8.29. The first-order chi connectivity index (χ1) is 9.56. The van der Waals surface area contributed by atoms with E-state index in [-0.39, 0.29) is 10.8 Å². The zero-order valence-electron chi connectivity index (χ0n) is 11.2. The molecule has 0 aliphatic heterocycles. The number of hydrogen-bond donors (Lipinski definition) is 1. The molecule has 0 atom stereocenters. The van der Waals surface area contributed by atoms with Crippen LogP contribution in [0.3, 0.4) is 0 Å². The van der Waals surface area contributed by atoms with E-state index in [0.29, 0.717) is 6.54 Å². The number of hydrogen-bond acceptors (Lipinski definition) is 3. The Labute approximate surface area is 123 Å². The van der Waals surface area contributed by atoms with Crippen molar-refractivity contribution in [2.45, 2.75) is 13.1 Å². The molecule has 0 radical (unpaired) electrons. The quantitative estimate of drug-likeness (QED) is 0.859. The van der Waals surface area contributed by atoms with E-state index in [1.54, 1.807) is 12.3 Å². The van der Waals surface area contributed by atoms with Crippen molar-refractivity contribution in [3.8, 4) is 0 Å². The van der Waals surface area contributed by atoms with Gasteiger partial charge in [-0.2, -0.15) is 0 Å². The van der Waals surface area contributed by atoms with Gasteiger partial charge in [0.15, 0.2) is 0 Å². The van der Waals surface area contributed by atoms with Crippen LogP contribution in [-0.4, -0.2) is 21.9 Å². The van der Waals surface area contributed by atoms with Gasteiger partial charge in [0.05, 0.1) is 0 Å². The molecule has 0 fully saturated rings. The molecule has 1 aromatic carbocycles. The van der Waals surface area contributed by atoms with Crippen molar-refractivity contribution in [2.24, 2.45) is 5.73 Å². The largest absolute Gasteiger partial charge is 0.389 e. The maximum Gasteiger partial charge on any atom is 0.123 e. The van der Waals surface area contributed by atoms with Gasteiger partial charge in [0.1, 0.15) is 10.8 Å². The van der Waals surface area contributed by atoms with Gasteiger partial charge in [-0.05, 0) is 42.4 Å². The molecule has 0 unspecified atom stereocenters. The highest BCUT2D eigenvalue weighted by Crippen LogP contribution is 2.14. The zero-order chi connectivity index (χ0) is 14.5. The van der Waals surface area contributed by atoms with Gasteiger partial charge in [-0.1, -0.05) is 18.3 Å². The first-order valence-corrected chi connectivity index (χ1v) is 6.63. The molecule has 5 heteroatoms. The molecular weight excluding hydrogens is 273 g/mol. The molecule has 0 amide bonds. The van der Waals surface area contributed by atoms with Gasteiger partial charge in [-0.15, -0.1) is 0 Å². The zero-order valence-corrected chi connectivity index (χ0v) is 12.0. The SMILES string of the molecule is CN(Cc1cccnc1)Cc1cc(F)ccc1C(N)=S. The topological polar surface area (TPSA) is 42.2 Å². The molecule has 1 aromatic heterocycles. The van der Waals surface area contributed by atoms with Crippen LogP contribution in [0.15, 0.2) is 42.7 Å². The van der Waals surface area contributed by atoms with Gasteiger partial charge < -0.3 is 5.73 Å². The van der Waals surface area contributed by atoms with Crippen LogP contribution < -0.4 is 5.73 Å². The van der Waals surface area contributed by atoms with E-state index in [0.717, 1.165) is 23.2 Å². The molecular formula is C15H16FN3S. The van der Waals surface area contributed by atoms with Gasteiger partial charge >= 0.3 is 0 Å². The fraction of sp³-hybridized carbons (Fsp3) is 0.200. The number of halogens is 1. The van der Waals surface area contributed by atoms with Gasteiger partial charge in [0, 0.05) is 31.0 Å². The third kappa shape index (κ3) is 3.82. The highest BCUT2D eigenvalue weighted by atomic mass is 32.1. The second-order valence-electron chi connectivity index (χ2n) is 4.70. The standard InChI is InChI=1S/C15H16FN3S/c1-19(9-11-3-2-6-18-8-11)10-12-7-13(16)4-5-14(12)15(17)20/h2-8H,9-10H2,1H3,(H2,17,20). The molecule has 0 bridgehead atoms. The van der Waals surface area contributed by atoms with E-state index in [4.69, 9.17) is 18.0 Å². The third-order valence-corrected chi connectivity index (χ3v) is 3.17. The number of thiocarbonyl (C=S) groups is 1.